The Hall–Kier alpha value is -1.10. The first kappa shape index (κ1) is 13.0. The van der Waals surface area contributed by atoms with Gasteiger partial charge in [0.2, 0.25) is 5.91 Å². The van der Waals surface area contributed by atoms with Crippen molar-refractivity contribution in [2.24, 2.45) is 5.92 Å². The monoisotopic (exact) mass is 228 g/mol. The van der Waals surface area contributed by atoms with Crippen molar-refractivity contribution in [1.82, 2.24) is 10.2 Å². The van der Waals surface area contributed by atoms with Crippen molar-refractivity contribution < 1.29 is 14.3 Å². The highest BCUT2D eigenvalue weighted by Crippen LogP contribution is 2.19. The summed E-state index contributed by atoms with van der Waals surface area (Å²) in [5.74, 6) is -0.460. The number of nitrogens with one attached hydrogen (secondary N) is 1. The fourth-order valence-corrected chi connectivity index (χ4v) is 2.14. The zero-order chi connectivity index (χ0) is 12.5. The smallest absolute Gasteiger partial charge is 0.310 e. The minimum Gasteiger partial charge on any atom is -0.469 e. The Morgan fingerprint density at radius 1 is 1.50 bits per heavy atom. The van der Waals surface area contributed by atoms with Gasteiger partial charge >= 0.3 is 5.97 Å². The zero-order valence-corrected chi connectivity index (χ0v) is 10.5. The molecule has 0 saturated carbocycles. The maximum atomic E-state index is 11.7. The van der Waals surface area contributed by atoms with Gasteiger partial charge in [0.1, 0.15) is 0 Å². The van der Waals surface area contributed by atoms with Crippen molar-refractivity contribution in [2.75, 3.05) is 14.2 Å². The van der Waals surface area contributed by atoms with Crippen molar-refractivity contribution >= 4 is 11.9 Å². The van der Waals surface area contributed by atoms with Crippen LogP contribution in [0.1, 0.15) is 20.8 Å². The third-order valence-electron chi connectivity index (χ3n) is 3.40. The van der Waals surface area contributed by atoms with Gasteiger partial charge in [-0.3, -0.25) is 9.59 Å². The number of hydrogen-bond donors (Lipinski definition) is 1. The van der Waals surface area contributed by atoms with Crippen LogP contribution in [0, 0.1) is 5.92 Å². The third kappa shape index (κ3) is 2.19. The Kier molecular flexibility index (Phi) is 3.91. The van der Waals surface area contributed by atoms with Gasteiger partial charge in [-0.1, -0.05) is 6.92 Å². The van der Waals surface area contributed by atoms with E-state index < -0.39 is 0 Å². The van der Waals surface area contributed by atoms with Crippen LogP contribution in [-0.2, 0) is 14.3 Å². The van der Waals surface area contributed by atoms with Crippen molar-refractivity contribution in [3.8, 4) is 0 Å². The molecule has 1 heterocycles. The fourth-order valence-electron chi connectivity index (χ4n) is 2.14. The van der Waals surface area contributed by atoms with E-state index in [-0.39, 0.29) is 35.9 Å². The molecule has 92 valence electrons. The van der Waals surface area contributed by atoms with E-state index in [1.165, 1.54) is 7.11 Å². The summed E-state index contributed by atoms with van der Waals surface area (Å²) in [6, 6.07) is -0.332. The van der Waals surface area contributed by atoms with Crippen LogP contribution in [0.3, 0.4) is 0 Å². The molecule has 0 aromatic carbocycles. The van der Waals surface area contributed by atoms with Crippen molar-refractivity contribution in [2.45, 2.75) is 38.9 Å². The molecule has 0 spiro atoms. The number of amides is 1. The van der Waals surface area contributed by atoms with Crippen molar-refractivity contribution in [3.63, 3.8) is 0 Å². The molecule has 1 amide bonds. The number of piperazine rings is 1. The van der Waals surface area contributed by atoms with Crippen LogP contribution in [0.15, 0.2) is 0 Å². The van der Waals surface area contributed by atoms with Crippen LogP contribution >= 0.6 is 0 Å². The van der Waals surface area contributed by atoms with Gasteiger partial charge in [-0.15, -0.1) is 0 Å². The standard InChI is InChI=1S/C11H20N2O3/c1-6(11(15)16-5)9-8(3)13(4)10(14)7(2)12-9/h6-9,12H,1-5H3. The fraction of sp³-hybridized carbons (Fsp3) is 0.818. The summed E-state index contributed by atoms with van der Waals surface area (Å²) in [5.41, 5.74) is 0. The Morgan fingerprint density at radius 2 is 2.06 bits per heavy atom. The molecular weight excluding hydrogens is 208 g/mol. The first-order valence-electron chi connectivity index (χ1n) is 5.50. The first-order chi connectivity index (χ1) is 7.40. The van der Waals surface area contributed by atoms with Crippen molar-refractivity contribution in [1.29, 1.82) is 0 Å². The van der Waals surface area contributed by atoms with E-state index >= 15 is 0 Å². The quantitative estimate of drug-likeness (QED) is 0.676. The number of carbonyl (C=O) groups excluding carboxylic acids is 2. The van der Waals surface area contributed by atoms with Gasteiger partial charge in [0.05, 0.1) is 19.1 Å². The molecule has 5 heteroatoms. The number of methoxy groups -OCH3 is 1. The molecule has 5 nitrogen and oxygen atoms in total. The normalized spacial score (nSPS) is 32.4. The highest BCUT2D eigenvalue weighted by Gasteiger charge is 2.39. The van der Waals surface area contributed by atoms with E-state index in [9.17, 15) is 9.59 Å². The topological polar surface area (TPSA) is 58.6 Å². The van der Waals surface area contributed by atoms with Gasteiger partial charge in [-0.25, -0.2) is 0 Å². The number of ether oxygens (including phenoxy) is 1. The summed E-state index contributed by atoms with van der Waals surface area (Å²) in [4.78, 5) is 24.9. The number of carbonyl (C=O) groups is 2. The second-order valence-electron chi connectivity index (χ2n) is 4.42. The Morgan fingerprint density at radius 3 is 2.56 bits per heavy atom. The van der Waals surface area contributed by atoms with E-state index in [0.717, 1.165) is 0 Å². The van der Waals surface area contributed by atoms with Crippen LogP contribution < -0.4 is 5.32 Å². The first-order valence-corrected chi connectivity index (χ1v) is 5.50. The summed E-state index contributed by atoms with van der Waals surface area (Å²) in [7, 11) is 3.14. The molecule has 0 aromatic rings. The van der Waals surface area contributed by atoms with E-state index in [2.05, 4.69) is 5.32 Å². The molecule has 4 atom stereocenters. The molecule has 1 aliphatic heterocycles. The van der Waals surface area contributed by atoms with E-state index in [4.69, 9.17) is 4.74 Å². The molecule has 16 heavy (non-hydrogen) atoms. The third-order valence-corrected chi connectivity index (χ3v) is 3.40. The summed E-state index contributed by atoms with van der Waals surface area (Å²) < 4.78 is 4.73. The second kappa shape index (κ2) is 4.82. The highest BCUT2D eigenvalue weighted by atomic mass is 16.5. The Labute approximate surface area is 96.1 Å². The van der Waals surface area contributed by atoms with Gasteiger partial charge < -0.3 is 15.0 Å². The molecule has 4 unspecified atom stereocenters. The average Bonchev–Trinajstić information content (AvgIpc) is 2.29. The van der Waals surface area contributed by atoms with Gasteiger partial charge in [0, 0.05) is 19.1 Å². The van der Waals surface area contributed by atoms with Crippen LogP contribution in [0.25, 0.3) is 0 Å². The Balaban J connectivity index is 2.81. The summed E-state index contributed by atoms with van der Waals surface area (Å²) >= 11 is 0. The molecule has 0 bridgehead atoms. The van der Waals surface area contributed by atoms with Crippen LogP contribution in [0.2, 0.25) is 0 Å². The molecule has 1 saturated heterocycles. The highest BCUT2D eigenvalue weighted by molar-refractivity contribution is 5.83. The molecule has 0 aliphatic carbocycles. The predicted molar refractivity (Wildman–Crippen MR) is 59.8 cm³/mol. The van der Waals surface area contributed by atoms with Crippen LogP contribution in [-0.4, -0.2) is 49.1 Å². The van der Waals surface area contributed by atoms with E-state index in [1.807, 2.05) is 20.8 Å². The number of hydrogen-bond acceptors (Lipinski definition) is 4. The minimum atomic E-state index is -0.266. The molecule has 1 fully saturated rings. The van der Waals surface area contributed by atoms with E-state index in [0.29, 0.717) is 0 Å². The van der Waals surface area contributed by atoms with Crippen molar-refractivity contribution in [3.05, 3.63) is 0 Å². The maximum absolute atomic E-state index is 11.7. The zero-order valence-electron chi connectivity index (χ0n) is 10.5. The predicted octanol–water partition coefficient (Wildman–Crippen LogP) is 0.00270. The largest absolute Gasteiger partial charge is 0.469 e. The Bertz CT molecular complexity index is 293. The molecule has 0 aromatic heterocycles. The number of esters is 1. The van der Waals surface area contributed by atoms with Crippen LogP contribution in [0.4, 0.5) is 0 Å². The lowest BCUT2D eigenvalue weighted by Crippen LogP contribution is -2.65. The summed E-state index contributed by atoms with van der Waals surface area (Å²) in [6.07, 6.45) is 0. The molecular formula is C11H20N2O3. The van der Waals surface area contributed by atoms with E-state index in [1.54, 1.807) is 11.9 Å². The number of likely N-dealkylation sites (N-methyl/N-ethyl adjacent to an activating group) is 1. The summed E-state index contributed by atoms with van der Waals surface area (Å²) in [6.45, 7) is 5.55. The lowest BCUT2D eigenvalue weighted by atomic mass is 9.91. The number of nitrogens with zero attached hydrogens (tertiary/aromatic N) is 1. The molecule has 1 aliphatic rings. The van der Waals surface area contributed by atoms with Gasteiger partial charge in [0.15, 0.2) is 0 Å². The SMILES string of the molecule is COC(=O)C(C)C1NC(C)C(=O)N(C)C1C. The lowest BCUT2D eigenvalue weighted by molar-refractivity contribution is -0.150. The summed E-state index contributed by atoms with van der Waals surface area (Å²) in [5, 5.41) is 3.17. The minimum absolute atomic E-state index is 0.0159. The second-order valence-corrected chi connectivity index (χ2v) is 4.42. The lowest BCUT2D eigenvalue weighted by Gasteiger charge is -2.42. The average molecular weight is 228 g/mol. The van der Waals surface area contributed by atoms with Gasteiger partial charge in [0.25, 0.3) is 0 Å². The van der Waals surface area contributed by atoms with Gasteiger partial charge in [-0.05, 0) is 13.8 Å². The molecule has 0 radical (unpaired) electrons. The number of rotatable bonds is 2. The van der Waals surface area contributed by atoms with Gasteiger partial charge in [-0.2, -0.15) is 0 Å². The molecule has 1 rings (SSSR count). The maximum Gasteiger partial charge on any atom is 0.310 e. The molecule has 1 N–H and O–H groups in total. The van der Waals surface area contributed by atoms with Crippen LogP contribution in [0.5, 0.6) is 0 Å².